The van der Waals surface area contributed by atoms with Gasteiger partial charge in [0.05, 0.1) is 4.90 Å². The van der Waals surface area contributed by atoms with Crippen molar-refractivity contribution >= 4 is 10.0 Å². The standard InChI is InChI=1S/C13H11NO4S/c15-9-1-3-11-8(5-9)7-14-19(17,18)13-6-10(16)2-4-12(11)13/h1-6,14-16H,7H2. The lowest BCUT2D eigenvalue weighted by molar-refractivity contribution is 0.473. The predicted molar refractivity (Wildman–Crippen MR) is 69.2 cm³/mol. The molecule has 0 aliphatic carbocycles. The summed E-state index contributed by atoms with van der Waals surface area (Å²) < 4.78 is 26.7. The molecule has 0 radical (unpaired) electrons. The molecule has 0 saturated carbocycles. The van der Waals surface area contributed by atoms with Gasteiger partial charge < -0.3 is 10.2 Å². The second-order valence-electron chi connectivity index (χ2n) is 4.35. The Morgan fingerprint density at radius 2 is 1.58 bits per heavy atom. The van der Waals surface area contributed by atoms with E-state index in [4.69, 9.17) is 0 Å². The van der Waals surface area contributed by atoms with Crippen molar-refractivity contribution in [2.75, 3.05) is 0 Å². The highest BCUT2D eigenvalue weighted by Gasteiger charge is 2.25. The quantitative estimate of drug-likeness (QED) is 0.682. The summed E-state index contributed by atoms with van der Waals surface area (Å²) in [6.07, 6.45) is 0. The van der Waals surface area contributed by atoms with Gasteiger partial charge in [-0.1, -0.05) is 6.07 Å². The molecule has 0 bridgehead atoms. The number of phenolic OH excluding ortho intramolecular Hbond substituents is 2. The van der Waals surface area contributed by atoms with E-state index < -0.39 is 10.0 Å². The van der Waals surface area contributed by atoms with Crippen LogP contribution in [0.25, 0.3) is 11.1 Å². The fraction of sp³-hybridized carbons (Fsp3) is 0.0769. The normalized spacial score (nSPS) is 16.2. The Kier molecular flexibility index (Phi) is 2.51. The van der Waals surface area contributed by atoms with E-state index in [1.165, 1.54) is 24.3 Å². The minimum Gasteiger partial charge on any atom is -0.508 e. The molecule has 2 aromatic rings. The van der Waals surface area contributed by atoms with Gasteiger partial charge in [0.2, 0.25) is 10.0 Å². The van der Waals surface area contributed by atoms with Crippen LogP contribution in [0.1, 0.15) is 5.56 Å². The molecule has 1 heterocycles. The first-order valence-corrected chi connectivity index (χ1v) is 7.11. The summed E-state index contributed by atoms with van der Waals surface area (Å²) >= 11 is 0. The molecule has 5 nitrogen and oxygen atoms in total. The van der Waals surface area contributed by atoms with E-state index >= 15 is 0 Å². The van der Waals surface area contributed by atoms with Crippen molar-refractivity contribution in [2.24, 2.45) is 0 Å². The van der Waals surface area contributed by atoms with Crippen LogP contribution < -0.4 is 4.72 Å². The van der Waals surface area contributed by atoms with Crippen molar-refractivity contribution in [3.05, 3.63) is 42.0 Å². The number of phenols is 2. The topological polar surface area (TPSA) is 86.6 Å². The highest BCUT2D eigenvalue weighted by molar-refractivity contribution is 7.89. The van der Waals surface area contributed by atoms with Crippen LogP contribution in [0.3, 0.4) is 0 Å². The first-order chi connectivity index (χ1) is 8.97. The molecule has 19 heavy (non-hydrogen) atoms. The number of hydrogen-bond acceptors (Lipinski definition) is 4. The van der Waals surface area contributed by atoms with Crippen molar-refractivity contribution in [3.8, 4) is 22.6 Å². The third-order valence-electron chi connectivity index (χ3n) is 3.09. The Labute approximate surface area is 110 Å². The van der Waals surface area contributed by atoms with Crippen LogP contribution in [0.4, 0.5) is 0 Å². The van der Waals surface area contributed by atoms with E-state index in [2.05, 4.69) is 4.72 Å². The molecule has 0 aromatic heterocycles. The zero-order valence-corrected chi connectivity index (χ0v) is 10.6. The van der Waals surface area contributed by atoms with Gasteiger partial charge in [0.1, 0.15) is 11.5 Å². The van der Waals surface area contributed by atoms with E-state index in [0.29, 0.717) is 11.1 Å². The number of nitrogens with one attached hydrogen (secondary N) is 1. The zero-order valence-electron chi connectivity index (χ0n) is 9.79. The maximum atomic E-state index is 12.1. The number of rotatable bonds is 0. The zero-order chi connectivity index (χ0) is 13.6. The van der Waals surface area contributed by atoms with Crippen LogP contribution in [-0.4, -0.2) is 18.6 Å². The lowest BCUT2D eigenvalue weighted by Gasteiger charge is -2.08. The minimum absolute atomic E-state index is 0.0388. The van der Waals surface area contributed by atoms with Crippen LogP contribution in [0.2, 0.25) is 0 Å². The molecule has 0 fully saturated rings. The molecule has 3 N–H and O–H groups in total. The summed E-state index contributed by atoms with van der Waals surface area (Å²) in [5.41, 5.74) is 1.92. The highest BCUT2D eigenvalue weighted by atomic mass is 32.2. The van der Waals surface area contributed by atoms with Gasteiger partial charge in [-0.3, -0.25) is 0 Å². The summed E-state index contributed by atoms with van der Waals surface area (Å²) in [4.78, 5) is 0.0388. The lowest BCUT2D eigenvalue weighted by atomic mass is 9.99. The second-order valence-corrected chi connectivity index (χ2v) is 6.08. The molecule has 1 aliphatic rings. The molecule has 0 amide bonds. The van der Waals surface area contributed by atoms with Crippen LogP contribution >= 0.6 is 0 Å². The summed E-state index contributed by atoms with van der Waals surface area (Å²) in [6, 6.07) is 8.93. The minimum atomic E-state index is -3.67. The molecule has 0 spiro atoms. The summed E-state index contributed by atoms with van der Waals surface area (Å²) in [6.45, 7) is 0.0987. The Morgan fingerprint density at radius 1 is 0.947 bits per heavy atom. The maximum absolute atomic E-state index is 12.1. The van der Waals surface area contributed by atoms with Gasteiger partial charge in [-0.2, -0.15) is 0 Å². The molecule has 3 rings (SSSR count). The largest absolute Gasteiger partial charge is 0.508 e. The predicted octanol–water partition coefficient (Wildman–Crippen LogP) is 1.56. The van der Waals surface area contributed by atoms with Crippen LogP contribution in [-0.2, 0) is 16.6 Å². The van der Waals surface area contributed by atoms with Crippen molar-refractivity contribution in [2.45, 2.75) is 11.4 Å². The van der Waals surface area contributed by atoms with Crippen molar-refractivity contribution in [1.82, 2.24) is 4.72 Å². The first-order valence-electron chi connectivity index (χ1n) is 5.62. The van der Waals surface area contributed by atoms with Gasteiger partial charge in [-0.25, -0.2) is 13.1 Å². The molecule has 1 aliphatic heterocycles. The monoisotopic (exact) mass is 277 g/mol. The number of sulfonamides is 1. The molecular weight excluding hydrogens is 266 g/mol. The van der Waals surface area contributed by atoms with E-state index in [1.807, 2.05) is 0 Å². The number of hydrogen-bond donors (Lipinski definition) is 3. The Morgan fingerprint density at radius 3 is 2.32 bits per heavy atom. The Balaban J connectivity index is 2.37. The average Bonchev–Trinajstić information content (AvgIpc) is 2.46. The number of benzene rings is 2. The van der Waals surface area contributed by atoms with Crippen molar-refractivity contribution < 1.29 is 18.6 Å². The fourth-order valence-electron chi connectivity index (χ4n) is 2.20. The van der Waals surface area contributed by atoms with E-state index in [9.17, 15) is 18.6 Å². The maximum Gasteiger partial charge on any atom is 0.241 e. The smallest absolute Gasteiger partial charge is 0.241 e. The third kappa shape index (κ3) is 1.94. The second kappa shape index (κ2) is 3.97. The Hall–Kier alpha value is -2.05. The third-order valence-corrected chi connectivity index (χ3v) is 4.53. The molecule has 2 aromatic carbocycles. The van der Waals surface area contributed by atoms with Gasteiger partial charge in [-0.05, 0) is 35.4 Å². The molecule has 6 heteroatoms. The summed E-state index contributed by atoms with van der Waals surface area (Å²) in [7, 11) is -3.67. The van der Waals surface area contributed by atoms with Crippen LogP contribution in [0.15, 0.2) is 41.3 Å². The van der Waals surface area contributed by atoms with Gasteiger partial charge in [0.25, 0.3) is 0 Å². The average molecular weight is 277 g/mol. The van der Waals surface area contributed by atoms with Crippen LogP contribution in [0.5, 0.6) is 11.5 Å². The van der Waals surface area contributed by atoms with Crippen molar-refractivity contribution in [3.63, 3.8) is 0 Å². The number of aromatic hydroxyl groups is 2. The van der Waals surface area contributed by atoms with E-state index in [-0.39, 0.29) is 22.9 Å². The van der Waals surface area contributed by atoms with Gasteiger partial charge in [0.15, 0.2) is 0 Å². The first kappa shape index (κ1) is 12.0. The van der Waals surface area contributed by atoms with Gasteiger partial charge in [-0.15, -0.1) is 0 Å². The lowest BCUT2D eigenvalue weighted by Crippen LogP contribution is -2.21. The SMILES string of the molecule is O=S1(=O)NCc2cc(O)ccc2-c2ccc(O)cc21. The Bertz CT molecular complexity index is 768. The van der Waals surface area contributed by atoms with Crippen LogP contribution in [0, 0.1) is 0 Å². The molecular formula is C13H11NO4S. The fourth-order valence-corrected chi connectivity index (χ4v) is 3.44. The molecule has 98 valence electrons. The number of fused-ring (bicyclic) bond motifs is 3. The summed E-state index contributed by atoms with van der Waals surface area (Å²) in [5, 5.41) is 19.0. The molecule has 0 saturated heterocycles. The highest BCUT2D eigenvalue weighted by Crippen LogP contribution is 2.36. The van der Waals surface area contributed by atoms with E-state index in [1.54, 1.807) is 12.1 Å². The molecule has 0 atom stereocenters. The summed E-state index contributed by atoms with van der Waals surface area (Å²) in [5.74, 6) is -0.0217. The van der Waals surface area contributed by atoms with E-state index in [0.717, 1.165) is 5.56 Å². The van der Waals surface area contributed by atoms with Gasteiger partial charge >= 0.3 is 0 Å². The van der Waals surface area contributed by atoms with Crippen molar-refractivity contribution in [1.29, 1.82) is 0 Å². The van der Waals surface area contributed by atoms with Gasteiger partial charge in [0, 0.05) is 18.2 Å². The molecule has 0 unspecified atom stereocenters.